The average molecular weight is 372 g/mol. The zero-order valence-electron chi connectivity index (χ0n) is 15.0. The lowest BCUT2D eigenvalue weighted by Crippen LogP contribution is -2.30. The number of fused-ring (bicyclic) bond motifs is 1. The molecule has 1 heterocycles. The van der Waals surface area contributed by atoms with Gasteiger partial charge in [0.25, 0.3) is 0 Å². The minimum absolute atomic E-state index is 0.0841. The number of halogens is 3. The van der Waals surface area contributed by atoms with Crippen molar-refractivity contribution >= 4 is 11.8 Å². The smallest absolute Gasteiger partial charge is 0.384 e. The van der Waals surface area contributed by atoms with Crippen molar-refractivity contribution in [1.29, 1.82) is 5.26 Å². The molecule has 0 saturated heterocycles. The zero-order chi connectivity index (χ0) is 18.8. The molecule has 0 aromatic carbocycles. The number of nitrogens with zero attached hydrogens (tertiary/aromatic N) is 2. The normalized spacial score (nSPS) is 17.9. The molecule has 0 bridgehead atoms. The molecule has 1 aromatic rings. The molecule has 1 atom stereocenters. The van der Waals surface area contributed by atoms with Crippen LogP contribution in [-0.4, -0.2) is 24.5 Å². The second kappa shape index (κ2) is 7.55. The van der Waals surface area contributed by atoms with Gasteiger partial charge in [0.1, 0.15) is 11.1 Å². The van der Waals surface area contributed by atoms with Gasteiger partial charge in [0, 0.05) is 18.6 Å². The highest BCUT2D eigenvalue weighted by Crippen LogP contribution is 2.44. The van der Waals surface area contributed by atoms with Gasteiger partial charge in [-0.25, -0.2) is 4.98 Å². The van der Waals surface area contributed by atoms with Gasteiger partial charge in [-0.2, -0.15) is 18.4 Å². The van der Waals surface area contributed by atoms with Gasteiger partial charge in [0.2, 0.25) is 0 Å². The molecule has 3 nitrogen and oxygen atoms in total. The Balaban J connectivity index is 2.56. The number of pyridine rings is 1. The quantitative estimate of drug-likeness (QED) is 0.559. The van der Waals surface area contributed by atoms with E-state index in [1.807, 2.05) is 20.8 Å². The van der Waals surface area contributed by atoms with Crippen LogP contribution in [0, 0.1) is 22.7 Å². The number of alkyl halides is 3. The highest BCUT2D eigenvalue weighted by molar-refractivity contribution is 7.99. The van der Waals surface area contributed by atoms with Crippen molar-refractivity contribution < 1.29 is 17.9 Å². The predicted molar refractivity (Wildman–Crippen MR) is 91.5 cm³/mol. The molecule has 0 saturated carbocycles. The summed E-state index contributed by atoms with van der Waals surface area (Å²) in [5, 5.41) is 9.58. The summed E-state index contributed by atoms with van der Waals surface area (Å²) in [5.74, 6) is 0.597. The van der Waals surface area contributed by atoms with Crippen molar-refractivity contribution in [3.8, 4) is 6.07 Å². The SMILES string of the molecule is COCCSc1nc2c(c(C(F)(F)F)c1C#N)C[C@H](C(C)(C)C)CC2. The molecular formula is C18H23F3N2OS. The number of hydrogen-bond donors (Lipinski definition) is 0. The number of thioether (sulfide) groups is 1. The predicted octanol–water partition coefficient (Wildman–Crippen LogP) is 4.86. The third-order valence-corrected chi connectivity index (χ3v) is 5.62. The summed E-state index contributed by atoms with van der Waals surface area (Å²) >= 11 is 1.15. The summed E-state index contributed by atoms with van der Waals surface area (Å²) in [6.07, 6.45) is -2.91. The fourth-order valence-electron chi connectivity index (χ4n) is 3.22. The molecule has 0 unspecified atom stereocenters. The molecule has 138 valence electrons. The second-order valence-corrected chi connectivity index (χ2v) is 8.43. The number of aromatic nitrogens is 1. The van der Waals surface area contributed by atoms with E-state index in [-0.39, 0.29) is 27.5 Å². The Labute approximate surface area is 151 Å². The Morgan fingerprint density at radius 1 is 1.32 bits per heavy atom. The number of hydrogen-bond acceptors (Lipinski definition) is 4. The summed E-state index contributed by atoms with van der Waals surface area (Å²) in [7, 11) is 1.53. The Bertz CT molecular complexity index is 675. The highest BCUT2D eigenvalue weighted by atomic mass is 32.2. The van der Waals surface area contributed by atoms with Crippen LogP contribution >= 0.6 is 11.8 Å². The molecule has 25 heavy (non-hydrogen) atoms. The topological polar surface area (TPSA) is 45.9 Å². The Kier molecular flexibility index (Phi) is 6.05. The second-order valence-electron chi connectivity index (χ2n) is 7.35. The van der Waals surface area contributed by atoms with Gasteiger partial charge in [-0.05, 0) is 36.2 Å². The van der Waals surface area contributed by atoms with E-state index in [1.165, 1.54) is 7.11 Å². The van der Waals surface area contributed by atoms with Gasteiger partial charge in [-0.1, -0.05) is 20.8 Å². The Hall–Kier alpha value is -1.26. The van der Waals surface area contributed by atoms with E-state index < -0.39 is 11.7 Å². The summed E-state index contributed by atoms with van der Waals surface area (Å²) in [4.78, 5) is 4.43. The van der Waals surface area contributed by atoms with E-state index in [4.69, 9.17) is 4.74 Å². The molecule has 0 spiro atoms. The first-order valence-electron chi connectivity index (χ1n) is 8.24. The molecule has 7 heteroatoms. The van der Waals surface area contributed by atoms with Gasteiger partial charge in [-0.3, -0.25) is 0 Å². The van der Waals surface area contributed by atoms with Crippen LogP contribution in [0.25, 0.3) is 0 Å². The van der Waals surface area contributed by atoms with Crippen molar-refractivity contribution in [2.75, 3.05) is 19.5 Å². The number of rotatable bonds is 4. The maximum Gasteiger partial charge on any atom is 0.418 e. The third-order valence-electron chi connectivity index (χ3n) is 4.68. The summed E-state index contributed by atoms with van der Waals surface area (Å²) < 4.78 is 46.4. The zero-order valence-corrected chi connectivity index (χ0v) is 15.8. The van der Waals surface area contributed by atoms with Crippen LogP contribution in [0.3, 0.4) is 0 Å². The number of nitriles is 1. The molecule has 1 aliphatic rings. The fourth-order valence-corrected chi connectivity index (χ4v) is 4.13. The lowest BCUT2D eigenvalue weighted by atomic mass is 9.70. The number of methoxy groups -OCH3 is 1. The largest absolute Gasteiger partial charge is 0.418 e. The lowest BCUT2D eigenvalue weighted by Gasteiger charge is -2.36. The van der Waals surface area contributed by atoms with Crippen LogP contribution in [-0.2, 0) is 23.8 Å². The molecule has 0 N–H and O–H groups in total. The van der Waals surface area contributed by atoms with Gasteiger partial charge in [0.05, 0.1) is 17.7 Å². The first-order valence-corrected chi connectivity index (χ1v) is 9.23. The van der Waals surface area contributed by atoms with Gasteiger partial charge < -0.3 is 4.74 Å². The fraction of sp³-hybridized carbons (Fsp3) is 0.667. The van der Waals surface area contributed by atoms with E-state index in [0.717, 1.165) is 18.2 Å². The minimum Gasteiger partial charge on any atom is -0.384 e. The van der Waals surface area contributed by atoms with E-state index in [0.29, 0.717) is 30.9 Å². The molecule has 0 radical (unpaired) electrons. The van der Waals surface area contributed by atoms with Crippen LogP contribution in [0.5, 0.6) is 0 Å². The van der Waals surface area contributed by atoms with E-state index in [1.54, 1.807) is 6.07 Å². The van der Waals surface area contributed by atoms with E-state index in [9.17, 15) is 18.4 Å². The van der Waals surface area contributed by atoms with Crippen LogP contribution in [0.4, 0.5) is 13.2 Å². The van der Waals surface area contributed by atoms with Gasteiger partial charge in [0.15, 0.2) is 0 Å². The van der Waals surface area contributed by atoms with Crippen LogP contribution in [0.1, 0.15) is 49.6 Å². The molecule has 0 fully saturated rings. The molecular weight excluding hydrogens is 349 g/mol. The lowest BCUT2D eigenvalue weighted by molar-refractivity contribution is -0.139. The van der Waals surface area contributed by atoms with Crippen molar-refractivity contribution in [2.24, 2.45) is 11.3 Å². The minimum atomic E-state index is -4.56. The molecule has 2 rings (SSSR count). The monoisotopic (exact) mass is 372 g/mol. The average Bonchev–Trinajstić information content (AvgIpc) is 2.51. The van der Waals surface area contributed by atoms with Crippen molar-refractivity contribution in [3.63, 3.8) is 0 Å². The standard InChI is InChI=1S/C18H23F3N2OS/c1-17(2,3)11-5-6-14-12(9-11)15(18(19,20)21)13(10-22)16(23-14)25-8-7-24-4/h11H,5-9H2,1-4H3/t11-/m1/s1. The molecule has 1 aromatic heterocycles. The van der Waals surface area contributed by atoms with Crippen molar-refractivity contribution in [1.82, 2.24) is 4.98 Å². The summed E-state index contributed by atoms with van der Waals surface area (Å²) in [5.41, 5.74) is -0.506. The maximum absolute atomic E-state index is 13.8. The third kappa shape index (κ3) is 4.48. The maximum atomic E-state index is 13.8. The van der Waals surface area contributed by atoms with E-state index >= 15 is 0 Å². The number of aryl methyl sites for hydroxylation is 1. The Morgan fingerprint density at radius 3 is 2.52 bits per heavy atom. The first-order chi connectivity index (χ1) is 11.6. The highest BCUT2D eigenvalue weighted by Gasteiger charge is 2.42. The van der Waals surface area contributed by atoms with E-state index in [2.05, 4.69) is 4.98 Å². The summed E-state index contributed by atoms with van der Waals surface area (Å²) in [6, 6.07) is 1.76. The van der Waals surface area contributed by atoms with Gasteiger partial charge in [-0.15, -0.1) is 11.8 Å². The number of ether oxygens (including phenoxy) is 1. The molecule has 0 amide bonds. The molecule has 1 aliphatic carbocycles. The van der Waals surface area contributed by atoms with Crippen molar-refractivity contribution in [3.05, 3.63) is 22.4 Å². The van der Waals surface area contributed by atoms with Crippen LogP contribution < -0.4 is 0 Å². The van der Waals surface area contributed by atoms with Gasteiger partial charge >= 0.3 is 6.18 Å². The first kappa shape index (κ1) is 20.1. The molecule has 0 aliphatic heterocycles. The van der Waals surface area contributed by atoms with Crippen LogP contribution in [0.2, 0.25) is 0 Å². The summed E-state index contributed by atoms with van der Waals surface area (Å²) in [6.45, 7) is 6.53. The van der Waals surface area contributed by atoms with Crippen LogP contribution in [0.15, 0.2) is 5.03 Å². The Morgan fingerprint density at radius 2 is 2.00 bits per heavy atom. The van der Waals surface area contributed by atoms with Crippen molar-refractivity contribution in [2.45, 2.75) is 51.2 Å².